The zero-order valence-corrected chi connectivity index (χ0v) is 20.7. The largest absolute Gasteiger partial charge is 0.301 e. The van der Waals surface area contributed by atoms with Crippen molar-refractivity contribution in [3.05, 3.63) is 76.1 Å². The van der Waals surface area contributed by atoms with Crippen LogP contribution in [0.1, 0.15) is 4.88 Å². The van der Waals surface area contributed by atoms with Crippen LogP contribution in [0.2, 0.25) is 10.0 Å². The number of nitrogens with zero attached hydrogens (tertiary/aromatic N) is 4. The van der Waals surface area contributed by atoms with Crippen molar-refractivity contribution in [2.45, 2.75) is 18.6 Å². The highest BCUT2D eigenvalue weighted by atomic mass is 35.5. The molecule has 0 fully saturated rings. The van der Waals surface area contributed by atoms with Crippen molar-refractivity contribution >= 4 is 57.3 Å². The van der Waals surface area contributed by atoms with Crippen molar-refractivity contribution in [3.8, 4) is 22.6 Å². The molecule has 0 saturated heterocycles. The number of hydrogen-bond donors (Lipinski definition) is 1. The summed E-state index contributed by atoms with van der Waals surface area (Å²) in [4.78, 5) is 18.2. The topological polar surface area (TPSA) is 72.7 Å². The fourth-order valence-electron chi connectivity index (χ4n) is 3.14. The lowest BCUT2D eigenvalue weighted by atomic mass is 10.1. The molecular weight excluding hydrogens is 497 g/mol. The molecule has 168 valence electrons. The van der Waals surface area contributed by atoms with Crippen LogP contribution in [0.3, 0.4) is 0 Å². The van der Waals surface area contributed by atoms with Gasteiger partial charge >= 0.3 is 0 Å². The SMILES string of the molecule is C=CCn1c(SCC(=O)Nc2nc(-c3ccccc3)c(C)s2)nnc1-c1ccc(Cl)c(Cl)c1. The average Bonchev–Trinajstić information content (AvgIpc) is 3.38. The Kier molecular flexibility index (Phi) is 7.49. The second-order valence-electron chi connectivity index (χ2n) is 6.96. The predicted octanol–water partition coefficient (Wildman–Crippen LogP) is 6.60. The number of thioether (sulfide) groups is 1. The van der Waals surface area contributed by atoms with E-state index < -0.39 is 0 Å². The molecule has 1 amide bonds. The molecule has 33 heavy (non-hydrogen) atoms. The molecule has 0 saturated carbocycles. The Bertz CT molecular complexity index is 1300. The van der Waals surface area contributed by atoms with E-state index in [1.807, 2.05) is 47.9 Å². The van der Waals surface area contributed by atoms with Gasteiger partial charge in [0, 0.05) is 22.5 Å². The van der Waals surface area contributed by atoms with Gasteiger partial charge in [-0.25, -0.2) is 4.98 Å². The number of rotatable bonds is 8. The molecule has 0 unspecified atom stereocenters. The molecule has 0 spiro atoms. The molecule has 4 aromatic rings. The minimum Gasteiger partial charge on any atom is -0.301 e. The van der Waals surface area contributed by atoms with E-state index in [0.29, 0.717) is 32.7 Å². The monoisotopic (exact) mass is 515 g/mol. The van der Waals surface area contributed by atoms with Gasteiger partial charge in [0.05, 0.1) is 21.5 Å². The third-order valence-electron chi connectivity index (χ3n) is 4.63. The quantitative estimate of drug-likeness (QED) is 0.211. The van der Waals surface area contributed by atoms with Gasteiger partial charge in [-0.05, 0) is 25.1 Å². The summed E-state index contributed by atoms with van der Waals surface area (Å²) < 4.78 is 1.88. The summed E-state index contributed by atoms with van der Waals surface area (Å²) >= 11 is 14.9. The first-order valence-electron chi connectivity index (χ1n) is 9.91. The molecule has 0 aliphatic rings. The highest BCUT2D eigenvalue weighted by molar-refractivity contribution is 7.99. The second kappa shape index (κ2) is 10.5. The number of benzene rings is 2. The van der Waals surface area contributed by atoms with Gasteiger partial charge < -0.3 is 5.32 Å². The van der Waals surface area contributed by atoms with Gasteiger partial charge in [-0.2, -0.15) is 0 Å². The third kappa shape index (κ3) is 5.47. The number of hydrogen-bond acceptors (Lipinski definition) is 6. The molecule has 0 aliphatic heterocycles. The summed E-state index contributed by atoms with van der Waals surface area (Å²) in [6.07, 6.45) is 1.75. The average molecular weight is 516 g/mol. The number of carbonyl (C=O) groups is 1. The van der Waals surface area contributed by atoms with E-state index in [1.165, 1.54) is 23.1 Å². The maximum absolute atomic E-state index is 12.6. The Hall–Kier alpha value is -2.65. The number of carbonyl (C=O) groups excluding carboxylic acids is 1. The van der Waals surface area contributed by atoms with Crippen molar-refractivity contribution in [1.29, 1.82) is 0 Å². The van der Waals surface area contributed by atoms with Crippen LogP contribution in [0.5, 0.6) is 0 Å². The molecule has 2 aromatic carbocycles. The van der Waals surface area contributed by atoms with Crippen LogP contribution in [-0.4, -0.2) is 31.4 Å². The van der Waals surface area contributed by atoms with E-state index in [-0.39, 0.29) is 11.7 Å². The molecule has 2 heterocycles. The smallest absolute Gasteiger partial charge is 0.236 e. The molecule has 6 nitrogen and oxygen atoms in total. The Balaban J connectivity index is 1.46. The summed E-state index contributed by atoms with van der Waals surface area (Å²) in [5, 5.41) is 13.5. The molecule has 1 N–H and O–H groups in total. The Labute approximate surface area is 209 Å². The van der Waals surface area contributed by atoms with Crippen molar-refractivity contribution in [2.24, 2.45) is 0 Å². The van der Waals surface area contributed by atoms with Crippen molar-refractivity contribution in [1.82, 2.24) is 19.7 Å². The maximum Gasteiger partial charge on any atom is 0.236 e. The summed E-state index contributed by atoms with van der Waals surface area (Å²) in [6, 6.07) is 15.2. The number of aryl methyl sites for hydroxylation is 1. The Morgan fingerprint density at radius 2 is 1.94 bits per heavy atom. The van der Waals surface area contributed by atoms with Gasteiger partial charge in [-0.3, -0.25) is 9.36 Å². The van der Waals surface area contributed by atoms with Crippen LogP contribution in [-0.2, 0) is 11.3 Å². The maximum atomic E-state index is 12.6. The predicted molar refractivity (Wildman–Crippen MR) is 137 cm³/mol. The van der Waals surface area contributed by atoms with Crippen LogP contribution >= 0.6 is 46.3 Å². The first-order valence-corrected chi connectivity index (χ1v) is 12.5. The van der Waals surface area contributed by atoms with Crippen LogP contribution in [0.25, 0.3) is 22.6 Å². The van der Waals surface area contributed by atoms with Gasteiger partial charge in [-0.15, -0.1) is 28.1 Å². The highest BCUT2D eigenvalue weighted by Gasteiger charge is 2.17. The lowest BCUT2D eigenvalue weighted by Crippen LogP contribution is -2.14. The van der Waals surface area contributed by atoms with E-state index in [0.717, 1.165) is 21.7 Å². The summed E-state index contributed by atoms with van der Waals surface area (Å²) in [5.41, 5.74) is 2.68. The van der Waals surface area contributed by atoms with Crippen molar-refractivity contribution < 1.29 is 4.79 Å². The van der Waals surface area contributed by atoms with E-state index in [4.69, 9.17) is 23.2 Å². The number of thiazole rings is 1. The molecule has 4 rings (SSSR count). The molecule has 0 bridgehead atoms. The summed E-state index contributed by atoms with van der Waals surface area (Å²) in [5.74, 6) is 0.618. The van der Waals surface area contributed by atoms with Gasteiger partial charge in [0.1, 0.15) is 0 Å². The van der Waals surface area contributed by atoms with E-state index >= 15 is 0 Å². The fraction of sp³-hybridized carbons (Fsp3) is 0.130. The van der Waals surface area contributed by atoms with Gasteiger partial charge in [0.25, 0.3) is 0 Å². The third-order valence-corrected chi connectivity index (χ3v) is 7.22. The van der Waals surface area contributed by atoms with Gasteiger partial charge in [0.15, 0.2) is 16.1 Å². The normalized spacial score (nSPS) is 10.9. The lowest BCUT2D eigenvalue weighted by Gasteiger charge is -2.08. The minimum absolute atomic E-state index is 0.163. The van der Waals surface area contributed by atoms with Gasteiger partial charge in [0.2, 0.25) is 5.91 Å². The van der Waals surface area contributed by atoms with Crippen molar-refractivity contribution in [3.63, 3.8) is 0 Å². The zero-order valence-electron chi connectivity index (χ0n) is 17.6. The number of aromatic nitrogens is 4. The second-order valence-corrected chi connectivity index (χ2v) is 9.92. The standard InChI is InChI=1S/C23H19Cl2N5OS2/c1-3-11-30-21(16-9-10-17(24)18(25)12-16)28-29-23(30)32-13-19(31)26-22-27-20(14(2)33-22)15-7-5-4-6-8-15/h3-10,12H,1,11,13H2,2H3,(H,26,27,31). The molecule has 10 heteroatoms. The van der Waals surface area contributed by atoms with Crippen LogP contribution in [0.15, 0.2) is 66.3 Å². The van der Waals surface area contributed by atoms with Crippen molar-refractivity contribution in [2.75, 3.05) is 11.1 Å². The number of anilines is 1. The number of allylic oxidation sites excluding steroid dienone is 1. The molecule has 2 aromatic heterocycles. The minimum atomic E-state index is -0.169. The zero-order chi connectivity index (χ0) is 23.4. The van der Waals surface area contributed by atoms with Gasteiger partial charge in [-0.1, -0.05) is 71.4 Å². The highest BCUT2D eigenvalue weighted by Crippen LogP contribution is 2.31. The van der Waals surface area contributed by atoms with Crippen LogP contribution in [0, 0.1) is 6.92 Å². The molecule has 0 radical (unpaired) electrons. The molecular formula is C23H19Cl2N5OS2. The number of nitrogens with one attached hydrogen (secondary N) is 1. The number of halogens is 2. The summed E-state index contributed by atoms with van der Waals surface area (Å²) in [7, 11) is 0. The van der Waals surface area contributed by atoms with E-state index in [1.54, 1.807) is 18.2 Å². The van der Waals surface area contributed by atoms with E-state index in [9.17, 15) is 4.79 Å². The number of amides is 1. The lowest BCUT2D eigenvalue weighted by molar-refractivity contribution is -0.113. The van der Waals surface area contributed by atoms with Crippen LogP contribution < -0.4 is 5.32 Å². The Morgan fingerprint density at radius 1 is 1.15 bits per heavy atom. The first-order chi connectivity index (χ1) is 16.0. The van der Waals surface area contributed by atoms with Crippen LogP contribution in [0.4, 0.5) is 5.13 Å². The molecule has 0 aliphatic carbocycles. The Morgan fingerprint density at radius 3 is 2.67 bits per heavy atom. The summed E-state index contributed by atoms with van der Waals surface area (Å²) in [6.45, 7) is 6.29. The van der Waals surface area contributed by atoms with E-state index in [2.05, 4.69) is 27.1 Å². The fourth-order valence-corrected chi connectivity index (χ4v) is 5.03. The molecule has 0 atom stereocenters. The first kappa shape index (κ1) is 23.5.